The number of imidazole rings is 1. The van der Waals surface area contributed by atoms with Crippen molar-refractivity contribution < 1.29 is 4.79 Å². The van der Waals surface area contributed by atoms with E-state index in [1.54, 1.807) is 23.6 Å². The maximum absolute atomic E-state index is 12.0. The number of carbonyl (C=O) groups excluding carboxylic acids is 1. The fourth-order valence-electron chi connectivity index (χ4n) is 2.03. The van der Waals surface area contributed by atoms with E-state index in [2.05, 4.69) is 32.0 Å². The number of nitrogens with one attached hydrogen (secondary N) is 1. The van der Waals surface area contributed by atoms with Gasteiger partial charge in [0.2, 0.25) is 0 Å². The third-order valence-electron chi connectivity index (χ3n) is 3.14. The molecular formula is C17H13BrN2OS. The van der Waals surface area contributed by atoms with Crippen molar-refractivity contribution >= 4 is 44.5 Å². The van der Waals surface area contributed by atoms with Crippen molar-refractivity contribution in [2.24, 2.45) is 0 Å². The first-order valence-corrected chi connectivity index (χ1v) is 8.38. The number of carbonyl (C=O) groups is 1. The SMILES string of the molecule is Cc1ccc2nc(S/C=C/C(=O)c3ccc(Br)cc3)[nH]c2c1. The van der Waals surface area contributed by atoms with Crippen molar-refractivity contribution in [3.63, 3.8) is 0 Å². The average Bonchev–Trinajstić information content (AvgIpc) is 2.89. The normalized spacial score (nSPS) is 11.4. The number of benzene rings is 2. The van der Waals surface area contributed by atoms with E-state index in [1.165, 1.54) is 17.3 Å². The van der Waals surface area contributed by atoms with E-state index in [0.29, 0.717) is 5.56 Å². The highest BCUT2D eigenvalue weighted by Gasteiger charge is 2.03. The lowest BCUT2D eigenvalue weighted by Gasteiger charge is -1.95. The lowest BCUT2D eigenvalue weighted by atomic mass is 10.1. The predicted molar refractivity (Wildman–Crippen MR) is 94.3 cm³/mol. The van der Waals surface area contributed by atoms with Crippen molar-refractivity contribution in [2.75, 3.05) is 0 Å². The Balaban J connectivity index is 1.70. The molecule has 22 heavy (non-hydrogen) atoms. The van der Waals surface area contributed by atoms with Gasteiger partial charge in [-0.3, -0.25) is 4.79 Å². The molecule has 0 bridgehead atoms. The number of ketones is 1. The van der Waals surface area contributed by atoms with Gasteiger partial charge in [-0.05, 0) is 60.4 Å². The predicted octanol–water partition coefficient (Wildman–Crippen LogP) is 5.12. The van der Waals surface area contributed by atoms with Crippen LogP contribution in [-0.4, -0.2) is 15.8 Å². The maximum atomic E-state index is 12.0. The van der Waals surface area contributed by atoms with Crippen LogP contribution in [0.25, 0.3) is 11.0 Å². The minimum absolute atomic E-state index is 0.0213. The first-order chi connectivity index (χ1) is 10.6. The van der Waals surface area contributed by atoms with Gasteiger partial charge in [0.15, 0.2) is 10.9 Å². The fraction of sp³-hybridized carbons (Fsp3) is 0.0588. The summed E-state index contributed by atoms with van der Waals surface area (Å²) in [5, 5.41) is 2.54. The second kappa shape index (κ2) is 6.50. The lowest BCUT2D eigenvalue weighted by Crippen LogP contribution is -1.92. The number of thioether (sulfide) groups is 1. The molecular weight excluding hydrogens is 360 g/mol. The van der Waals surface area contributed by atoms with Crippen molar-refractivity contribution in [2.45, 2.75) is 12.1 Å². The molecule has 3 aromatic rings. The molecule has 0 saturated carbocycles. The molecule has 0 aliphatic rings. The molecule has 0 spiro atoms. The average molecular weight is 373 g/mol. The number of halogens is 1. The van der Waals surface area contributed by atoms with Crippen LogP contribution in [0.2, 0.25) is 0 Å². The summed E-state index contributed by atoms with van der Waals surface area (Å²) in [6.07, 6.45) is 1.56. The van der Waals surface area contributed by atoms with Gasteiger partial charge in [0.05, 0.1) is 11.0 Å². The van der Waals surface area contributed by atoms with Gasteiger partial charge in [0.1, 0.15) is 0 Å². The van der Waals surface area contributed by atoms with Crippen LogP contribution in [0, 0.1) is 6.92 Å². The largest absolute Gasteiger partial charge is 0.333 e. The fourth-order valence-corrected chi connectivity index (χ4v) is 2.93. The number of hydrogen-bond acceptors (Lipinski definition) is 3. The molecule has 3 rings (SSSR count). The number of fused-ring (bicyclic) bond motifs is 1. The molecule has 0 aliphatic carbocycles. The van der Waals surface area contributed by atoms with Crippen LogP contribution in [0.1, 0.15) is 15.9 Å². The van der Waals surface area contributed by atoms with Gasteiger partial charge in [0.25, 0.3) is 0 Å². The Kier molecular flexibility index (Phi) is 4.45. The highest BCUT2D eigenvalue weighted by atomic mass is 79.9. The number of H-pyrrole nitrogens is 1. The molecule has 5 heteroatoms. The maximum Gasteiger partial charge on any atom is 0.186 e. The zero-order valence-corrected chi connectivity index (χ0v) is 14.2. The summed E-state index contributed by atoms with van der Waals surface area (Å²) in [5.74, 6) is -0.0213. The van der Waals surface area contributed by atoms with Gasteiger partial charge < -0.3 is 4.98 Å². The quantitative estimate of drug-likeness (QED) is 0.392. The van der Waals surface area contributed by atoms with Crippen molar-refractivity contribution in [3.05, 3.63) is 69.5 Å². The van der Waals surface area contributed by atoms with E-state index in [9.17, 15) is 4.79 Å². The van der Waals surface area contributed by atoms with Crippen molar-refractivity contribution in [3.8, 4) is 0 Å². The number of nitrogens with zero attached hydrogens (tertiary/aromatic N) is 1. The molecule has 1 aromatic heterocycles. The number of hydrogen-bond donors (Lipinski definition) is 1. The van der Waals surface area contributed by atoms with Gasteiger partial charge in [0, 0.05) is 10.0 Å². The molecule has 0 radical (unpaired) electrons. The molecule has 1 heterocycles. The minimum Gasteiger partial charge on any atom is -0.333 e. The Morgan fingerprint density at radius 1 is 1.23 bits per heavy atom. The number of rotatable bonds is 4. The van der Waals surface area contributed by atoms with E-state index >= 15 is 0 Å². The summed E-state index contributed by atoms with van der Waals surface area (Å²) in [6.45, 7) is 2.05. The van der Waals surface area contributed by atoms with E-state index in [-0.39, 0.29) is 5.78 Å². The first kappa shape index (κ1) is 15.1. The van der Waals surface area contributed by atoms with E-state index in [1.807, 2.05) is 31.2 Å². The van der Waals surface area contributed by atoms with Crippen LogP contribution in [0.4, 0.5) is 0 Å². The number of aromatic amines is 1. The van der Waals surface area contributed by atoms with Crippen LogP contribution in [0.15, 0.2) is 63.6 Å². The second-order valence-electron chi connectivity index (χ2n) is 4.85. The summed E-state index contributed by atoms with van der Waals surface area (Å²) in [4.78, 5) is 19.7. The highest BCUT2D eigenvalue weighted by Crippen LogP contribution is 2.21. The number of allylic oxidation sites excluding steroid dienone is 1. The Hall–Kier alpha value is -1.85. The lowest BCUT2D eigenvalue weighted by molar-refractivity contribution is 0.104. The van der Waals surface area contributed by atoms with Crippen LogP contribution < -0.4 is 0 Å². The molecule has 0 fully saturated rings. The van der Waals surface area contributed by atoms with Gasteiger partial charge in [-0.2, -0.15) is 0 Å². The summed E-state index contributed by atoms with van der Waals surface area (Å²) in [7, 11) is 0. The Bertz CT molecular complexity index is 853. The molecule has 0 amide bonds. The van der Waals surface area contributed by atoms with Crippen LogP contribution >= 0.6 is 27.7 Å². The highest BCUT2D eigenvalue weighted by molar-refractivity contribution is 9.10. The van der Waals surface area contributed by atoms with Gasteiger partial charge in [-0.15, -0.1) is 0 Å². The van der Waals surface area contributed by atoms with Crippen LogP contribution in [0.5, 0.6) is 0 Å². The molecule has 0 unspecified atom stereocenters. The Morgan fingerprint density at radius 3 is 2.77 bits per heavy atom. The minimum atomic E-state index is -0.0213. The Morgan fingerprint density at radius 2 is 2.00 bits per heavy atom. The molecule has 0 atom stereocenters. The zero-order chi connectivity index (χ0) is 15.5. The van der Waals surface area contributed by atoms with E-state index in [0.717, 1.165) is 20.7 Å². The molecule has 2 aromatic carbocycles. The third-order valence-corrected chi connectivity index (χ3v) is 4.36. The zero-order valence-electron chi connectivity index (χ0n) is 11.8. The molecule has 110 valence electrons. The summed E-state index contributed by atoms with van der Waals surface area (Å²) in [6, 6.07) is 13.4. The standard InChI is InChI=1S/C17H13BrN2OS/c1-11-2-7-14-15(10-11)20-17(19-14)22-9-8-16(21)12-3-5-13(18)6-4-12/h2-10H,1H3,(H,19,20)/b9-8+. The van der Waals surface area contributed by atoms with Gasteiger partial charge >= 0.3 is 0 Å². The molecule has 1 N–H and O–H groups in total. The third kappa shape index (κ3) is 3.48. The van der Waals surface area contributed by atoms with Gasteiger partial charge in [-0.25, -0.2) is 4.98 Å². The summed E-state index contributed by atoms with van der Waals surface area (Å²) >= 11 is 4.75. The second-order valence-corrected chi connectivity index (χ2v) is 6.66. The molecule has 0 saturated heterocycles. The summed E-state index contributed by atoms with van der Waals surface area (Å²) < 4.78 is 0.958. The number of aryl methyl sites for hydroxylation is 1. The molecule has 0 aliphatic heterocycles. The van der Waals surface area contributed by atoms with Gasteiger partial charge in [-0.1, -0.05) is 33.8 Å². The van der Waals surface area contributed by atoms with Crippen molar-refractivity contribution in [1.82, 2.24) is 9.97 Å². The van der Waals surface area contributed by atoms with E-state index < -0.39 is 0 Å². The smallest absolute Gasteiger partial charge is 0.186 e. The summed E-state index contributed by atoms with van der Waals surface area (Å²) in [5.41, 5.74) is 3.80. The Labute approximate surface area is 141 Å². The topological polar surface area (TPSA) is 45.8 Å². The van der Waals surface area contributed by atoms with E-state index in [4.69, 9.17) is 0 Å². The monoisotopic (exact) mass is 372 g/mol. The van der Waals surface area contributed by atoms with Crippen LogP contribution in [-0.2, 0) is 0 Å². The van der Waals surface area contributed by atoms with Crippen molar-refractivity contribution in [1.29, 1.82) is 0 Å². The molecule has 3 nitrogen and oxygen atoms in total. The first-order valence-electron chi connectivity index (χ1n) is 6.71. The number of aromatic nitrogens is 2. The van der Waals surface area contributed by atoms with Crippen LogP contribution in [0.3, 0.4) is 0 Å².